The minimum atomic E-state index is -0.562. The molecule has 24 heavy (non-hydrogen) atoms. The van der Waals surface area contributed by atoms with Gasteiger partial charge in [0, 0.05) is 30.0 Å². The number of halogens is 1. The molecule has 3 nitrogen and oxygen atoms in total. The summed E-state index contributed by atoms with van der Waals surface area (Å²) in [6.45, 7) is 8.72. The summed E-state index contributed by atoms with van der Waals surface area (Å²) < 4.78 is 14.3. The number of ether oxygens (including phenoxy) is 2. The maximum Gasteiger partial charge on any atom is 0.195 e. The number of benzene rings is 1. The van der Waals surface area contributed by atoms with Crippen LogP contribution in [0.1, 0.15) is 35.1 Å². The van der Waals surface area contributed by atoms with Crippen molar-refractivity contribution in [1.82, 2.24) is 0 Å². The molecule has 0 atom stereocenters. The third kappa shape index (κ3) is 4.15. The van der Waals surface area contributed by atoms with E-state index in [1.807, 2.05) is 0 Å². The maximum absolute atomic E-state index is 6.02. The summed E-state index contributed by atoms with van der Waals surface area (Å²) in [6.07, 6.45) is 6.25. The molecule has 0 radical (unpaired) electrons. The Balaban J connectivity index is 0.00000208. The van der Waals surface area contributed by atoms with Gasteiger partial charge in [-0.15, -0.1) is 0 Å². The second-order valence-corrected chi connectivity index (χ2v) is 6.47. The van der Waals surface area contributed by atoms with E-state index in [0.29, 0.717) is 13.2 Å². The van der Waals surface area contributed by atoms with Crippen molar-refractivity contribution < 1.29 is 26.4 Å². The first kappa shape index (κ1) is 18.9. The van der Waals surface area contributed by atoms with E-state index in [0.717, 1.165) is 24.9 Å². The van der Waals surface area contributed by atoms with Gasteiger partial charge in [-0.25, -0.2) is 4.57 Å². The van der Waals surface area contributed by atoms with E-state index >= 15 is 0 Å². The Morgan fingerprint density at radius 1 is 0.958 bits per heavy atom. The summed E-state index contributed by atoms with van der Waals surface area (Å²) in [7, 11) is 0. The summed E-state index contributed by atoms with van der Waals surface area (Å²) in [4.78, 5) is 0. The Kier molecular flexibility index (Phi) is 6.39. The molecule has 0 spiro atoms. The smallest absolute Gasteiger partial charge is 0.195 e. The number of nitrogens with zero attached hydrogens (tertiary/aromatic N) is 1. The molecular weight excluding hydrogens is 322 g/mol. The second-order valence-electron chi connectivity index (χ2n) is 6.47. The average Bonchev–Trinajstić information content (AvgIpc) is 3.01. The molecule has 0 unspecified atom stereocenters. The standard InChI is InChI=1S/C20H26NO2.ClH/c1-16-5-7-19(8-6-16)20(22-13-14-23-20)10-4-11-21-12-9-17(2)18(3)15-21;/h5-9,12,15H,4,10-11,13-14H2,1-3H3;1H/q+1;/p-1. The van der Waals surface area contributed by atoms with E-state index in [1.165, 1.54) is 16.7 Å². The zero-order chi connectivity index (χ0) is 16.3. The molecule has 2 heterocycles. The minimum Gasteiger partial charge on any atom is -1.00 e. The molecule has 0 bridgehead atoms. The lowest BCUT2D eigenvalue weighted by Gasteiger charge is -2.27. The van der Waals surface area contributed by atoms with E-state index < -0.39 is 5.79 Å². The lowest BCUT2D eigenvalue weighted by molar-refractivity contribution is -0.698. The minimum absolute atomic E-state index is 0. The zero-order valence-corrected chi connectivity index (χ0v) is 15.5. The van der Waals surface area contributed by atoms with Gasteiger partial charge in [-0.05, 0) is 26.3 Å². The van der Waals surface area contributed by atoms with Gasteiger partial charge in [0.05, 0.1) is 13.2 Å². The highest BCUT2D eigenvalue weighted by Crippen LogP contribution is 2.36. The third-order valence-electron chi connectivity index (χ3n) is 4.66. The highest BCUT2D eigenvalue weighted by Gasteiger charge is 2.38. The van der Waals surface area contributed by atoms with Crippen molar-refractivity contribution in [3.8, 4) is 0 Å². The molecule has 1 aromatic heterocycles. The first-order chi connectivity index (χ1) is 11.1. The van der Waals surface area contributed by atoms with Crippen LogP contribution in [-0.4, -0.2) is 13.2 Å². The molecule has 4 heteroatoms. The predicted molar refractivity (Wildman–Crippen MR) is 90.1 cm³/mol. The molecule has 0 aliphatic carbocycles. The summed E-state index contributed by atoms with van der Waals surface area (Å²) in [5, 5.41) is 0. The monoisotopic (exact) mass is 347 g/mol. The molecule has 0 saturated carbocycles. The first-order valence-electron chi connectivity index (χ1n) is 8.40. The number of pyridine rings is 1. The number of hydrogen-bond acceptors (Lipinski definition) is 2. The predicted octanol–water partition coefficient (Wildman–Crippen LogP) is 0.583. The number of aryl methyl sites for hydroxylation is 4. The van der Waals surface area contributed by atoms with Crippen LogP contribution >= 0.6 is 0 Å². The van der Waals surface area contributed by atoms with Crippen LogP contribution in [0.3, 0.4) is 0 Å². The second kappa shape index (κ2) is 8.11. The van der Waals surface area contributed by atoms with E-state index in [2.05, 4.69) is 68.1 Å². The van der Waals surface area contributed by atoms with Crippen molar-refractivity contribution in [1.29, 1.82) is 0 Å². The molecule has 0 amide bonds. The molecule has 1 aliphatic heterocycles. The van der Waals surface area contributed by atoms with Gasteiger partial charge in [0.1, 0.15) is 6.54 Å². The molecule has 1 aromatic carbocycles. The van der Waals surface area contributed by atoms with Crippen LogP contribution < -0.4 is 17.0 Å². The highest BCUT2D eigenvalue weighted by atomic mass is 35.5. The molecule has 1 aliphatic rings. The lowest BCUT2D eigenvalue weighted by atomic mass is 9.99. The van der Waals surface area contributed by atoms with Gasteiger partial charge in [-0.1, -0.05) is 29.8 Å². The van der Waals surface area contributed by atoms with E-state index in [-0.39, 0.29) is 12.4 Å². The summed E-state index contributed by atoms with van der Waals surface area (Å²) in [6, 6.07) is 10.7. The Morgan fingerprint density at radius 3 is 2.25 bits per heavy atom. The van der Waals surface area contributed by atoms with Crippen molar-refractivity contribution >= 4 is 0 Å². The number of rotatable bonds is 5. The van der Waals surface area contributed by atoms with E-state index in [9.17, 15) is 0 Å². The van der Waals surface area contributed by atoms with Crippen molar-refractivity contribution in [3.63, 3.8) is 0 Å². The fraction of sp³-hybridized carbons (Fsp3) is 0.450. The Bertz CT molecular complexity index is 664. The van der Waals surface area contributed by atoms with E-state index in [1.54, 1.807) is 0 Å². The Morgan fingerprint density at radius 2 is 1.62 bits per heavy atom. The van der Waals surface area contributed by atoms with Gasteiger partial charge in [-0.2, -0.15) is 0 Å². The van der Waals surface area contributed by atoms with E-state index in [4.69, 9.17) is 9.47 Å². The van der Waals surface area contributed by atoms with Crippen molar-refractivity contribution in [2.75, 3.05) is 13.2 Å². The number of hydrogen-bond donors (Lipinski definition) is 0. The van der Waals surface area contributed by atoms with Crippen LogP contribution in [0.15, 0.2) is 42.7 Å². The molecule has 2 aromatic rings. The van der Waals surface area contributed by atoms with Gasteiger partial charge < -0.3 is 21.9 Å². The van der Waals surface area contributed by atoms with Crippen LogP contribution in [0.25, 0.3) is 0 Å². The SMILES string of the molecule is Cc1ccc(C2(CCC[n+]3ccc(C)c(C)c3)OCCO2)cc1.[Cl-]. The highest BCUT2D eigenvalue weighted by molar-refractivity contribution is 5.25. The average molecular weight is 348 g/mol. The van der Waals surface area contributed by atoms with Gasteiger partial charge >= 0.3 is 0 Å². The molecule has 1 fully saturated rings. The Hall–Kier alpha value is -1.42. The van der Waals surface area contributed by atoms with Gasteiger partial charge in [0.2, 0.25) is 0 Å². The summed E-state index contributed by atoms with van der Waals surface area (Å²) in [5.41, 5.74) is 5.05. The third-order valence-corrected chi connectivity index (χ3v) is 4.66. The molecule has 1 saturated heterocycles. The summed E-state index contributed by atoms with van der Waals surface area (Å²) >= 11 is 0. The molecule has 0 N–H and O–H groups in total. The van der Waals surface area contributed by atoms with Crippen LogP contribution in [0.5, 0.6) is 0 Å². The fourth-order valence-corrected chi connectivity index (χ4v) is 3.08. The largest absolute Gasteiger partial charge is 1.00 e. The fourth-order valence-electron chi connectivity index (χ4n) is 3.08. The topological polar surface area (TPSA) is 22.3 Å². The molecular formula is C20H26ClNO2. The Labute approximate surface area is 151 Å². The van der Waals surface area contributed by atoms with Crippen molar-refractivity contribution in [2.24, 2.45) is 0 Å². The quantitative estimate of drug-likeness (QED) is 0.738. The zero-order valence-electron chi connectivity index (χ0n) is 14.7. The van der Waals surface area contributed by atoms with Crippen LogP contribution in [-0.2, 0) is 21.8 Å². The lowest BCUT2D eigenvalue weighted by Crippen LogP contribution is -3.00. The van der Waals surface area contributed by atoms with Crippen molar-refractivity contribution in [3.05, 3.63) is 65.0 Å². The van der Waals surface area contributed by atoms with Crippen LogP contribution in [0.2, 0.25) is 0 Å². The van der Waals surface area contributed by atoms with Gasteiger partial charge in [0.15, 0.2) is 18.2 Å². The molecule has 3 rings (SSSR count). The van der Waals surface area contributed by atoms with Gasteiger partial charge in [0.25, 0.3) is 0 Å². The van der Waals surface area contributed by atoms with Gasteiger partial charge in [-0.3, -0.25) is 0 Å². The van der Waals surface area contributed by atoms with Crippen LogP contribution in [0, 0.1) is 20.8 Å². The number of aromatic nitrogens is 1. The molecule has 130 valence electrons. The normalized spacial score (nSPS) is 16.0. The van der Waals surface area contributed by atoms with Crippen LogP contribution in [0.4, 0.5) is 0 Å². The first-order valence-corrected chi connectivity index (χ1v) is 8.40. The van der Waals surface area contributed by atoms with Crippen molar-refractivity contribution in [2.45, 2.75) is 45.9 Å². The maximum atomic E-state index is 6.02. The summed E-state index contributed by atoms with van der Waals surface area (Å²) in [5.74, 6) is -0.562.